The van der Waals surface area contributed by atoms with E-state index in [1.807, 2.05) is 0 Å². The van der Waals surface area contributed by atoms with E-state index >= 15 is 0 Å². The van der Waals surface area contributed by atoms with Gasteiger partial charge in [0, 0.05) is 31.4 Å². The summed E-state index contributed by atoms with van der Waals surface area (Å²) in [5.74, 6) is 1.16. The van der Waals surface area contributed by atoms with Crippen LogP contribution in [-0.4, -0.2) is 32.2 Å². The Morgan fingerprint density at radius 2 is 2.07 bits per heavy atom. The Morgan fingerprint density at radius 1 is 1.30 bits per heavy atom. The van der Waals surface area contributed by atoms with Gasteiger partial charge >= 0.3 is 5.97 Å². The number of carboxylic acids is 1. The van der Waals surface area contributed by atoms with Gasteiger partial charge in [0.15, 0.2) is 5.66 Å². The van der Waals surface area contributed by atoms with Gasteiger partial charge in [0.25, 0.3) is 5.56 Å². The molecule has 2 heterocycles. The van der Waals surface area contributed by atoms with E-state index in [-0.39, 0.29) is 17.7 Å². The number of carboxylic acid groups (broad SMARTS) is 1. The summed E-state index contributed by atoms with van der Waals surface area (Å²) in [5.41, 5.74) is -0.158. The number of nitrogens with zero attached hydrogens (tertiary/aromatic N) is 4. The topological polar surface area (TPSA) is 126 Å². The van der Waals surface area contributed by atoms with Crippen LogP contribution in [0.2, 0.25) is 0 Å². The van der Waals surface area contributed by atoms with Crippen molar-refractivity contribution in [2.75, 3.05) is 5.32 Å². The first-order valence-electron chi connectivity index (χ1n) is 8.31. The molecule has 0 unspecified atom stereocenters. The second-order valence-electron chi connectivity index (χ2n) is 6.24. The number of terminal acetylenes is 1. The van der Waals surface area contributed by atoms with E-state index in [9.17, 15) is 14.4 Å². The summed E-state index contributed by atoms with van der Waals surface area (Å²) in [6.07, 6.45) is 8.29. The van der Waals surface area contributed by atoms with Crippen LogP contribution >= 0.6 is 0 Å². The lowest BCUT2D eigenvalue weighted by Gasteiger charge is -2.10. The number of carbonyl (C=O) groups is 2. The molecule has 27 heavy (non-hydrogen) atoms. The molecule has 0 fully saturated rings. The molecule has 0 aliphatic carbocycles. The van der Waals surface area contributed by atoms with Crippen LogP contribution in [0.25, 0.3) is 10.9 Å². The molecule has 1 aromatic carbocycles. The van der Waals surface area contributed by atoms with Crippen molar-refractivity contribution in [1.29, 1.82) is 0 Å². The van der Waals surface area contributed by atoms with Gasteiger partial charge in [-0.05, 0) is 18.2 Å². The number of hydrogen-bond donors (Lipinski definition) is 2. The van der Waals surface area contributed by atoms with Crippen molar-refractivity contribution in [3.8, 4) is 12.3 Å². The van der Waals surface area contributed by atoms with E-state index in [4.69, 9.17) is 11.5 Å². The molecule has 0 saturated heterocycles. The molecule has 138 valence electrons. The highest BCUT2D eigenvalue weighted by Crippen LogP contribution is 2.37. The molecular weight excluding hydrogens is 350 g/mol. The number of nitrogens with one attached hydrogen (secondary N) is 1. The fraction of sp³-hybridized carbons (Fsp3) is 0.333. The predicted octanol–water partition coefficient (Wildman–Crippen LogP) is 1.78. The third-order valence-corrected chi connectivity index (χ3v) is 4.22. The van der Waals surface area contributed by atoms with E-state index in [0.717, 1.165) is 4.57 Å². The van der Waals surface area contributed by atoms with Gasteiger partial charge in [0.05, 0.1) is 17.2 Å². The third-order valence-electron chi connectivity index (χ3n) is 4.22. The van der Waals surface area contributed by atoms with Crippen molar-refractivity contribution < 1.29 is 14.7 Å². The number of fused-ring (bicyclic) bond motifs is 1. The molecule has 9 heteroatoms. The summed E-state index contributed by atoms with van der Waals surface area (Å²) in [7, 11) is 0. The summed E-state index contributed by atoms with van der Waals surface area (Å²) >= 11 is 0. The Bertz CT molecular complexity index is 1030. The van der Waals surface area contributed by atoms with Crippen molar-refractivity contribution in [2.24, 2.45) is 10.2 Å². The van der Waals surface area contributed by atoms with Gasteiger partial charge in [-0.25, -0.2) is 4.98 Å². The maximum Gasteiger partial charge on any atom is 0.323 e. The normalized spacial score (nSPS) is 13.9. The highest BCUT2D eigenvalue weighted by molar-refractivity contribution is 5.93. The zero-order valence-electron chi connectivity index (χ0n) is 14.4. The Hall–Kier alpha value is -3.54. The van der Waals surface area contributed by atoms with E-state index in [1.54, 1.807) is 12.1 Å². The molecule has 0 saturated carbocycles. The van der Waals surface area contributed by atoms with Gasteiger partial charge in [-0.2, -0.15) is 10.2 Å². The maximum atomic E-state index is 12.4. The fourth-order valence-electron chi connectivity index (χ4n) is 2.70. The van der Waals surface area contributed by atoms with Gasteiger partial charge in [0.1, 0.15) is 6.54 Å². The second-order valence-corrected chi connectivity index (χ2v) is 6.24. The smallest absolute Gasteiger partial charge is 0.323 e. The van der Waals surface area contributed by atoms with Crippen LogP contribution in [0.3, 0.4) is 0 Å². The van der Waals surface area contributed by atoms with Crippen molar-refractivity contribution in [2.45, 2.75) is 37.9 Å². The Morgan fingerprint density at radius 3 is 2.74 bits per heavy atom. The number of aliphatic carboxylic acids is 1. The van der Waals surface area contributed by atoms with Crippen LogP contribution in [0.5, 0.6) is 0 Å². The largest absolute Gasteiger partial charge is 0.480 e. The van der Waals surface area contributed by atoms with Crippen molar-refractivity contribution in [1.82, 2.24) is 9.55 Å². The standard InChI is InChI=1S/C18H17N5O4/c1-2-3-7-18(21-22-18)8-6-15(24)20-12-4-5-14-13(9-12)17(27)23(11-19-14)10-16(25)26/h1,4-5,9,11H,3,6-8,10H2,(H,20,24)(H,25,26). The molecular formula is C18H17N5O4. The minimum atomic E-state index is -1.14. The van der Waals surface area contributed by atoms with E-state index in [2.05, 4.69) is 26.4 Å². The summed E-state index contributed by atoms with van der Waals surface area (Å²) < 4.78 is 1.00. The summed E-state index contributed by atoms with van der Waals surface area (Å²) in [4.78, 5) is 39.4. The monoisotopic (exact) mass is 367 g/mol. The van der Waals surface area contributed by atoms with Crippen LogP contribution in [0.1, 0.15) is 25.7 Å². The average Bonchev–Trinajstić information content (AvgIpc) is 3.41. The molecule has 3 rings (SSSR count). The first-order chi connectivity index (χ1) is 12.9. The Balaban J connectivity index is 1.69. The molecule has 1 aromatic heterocycles. The van der Waals surface area contributed by atoms with Gasteiger partial charge in [-0.15, -0.1) is 12.3 Å². The zero-order valence-corrected chi connectivity index (χ0v) is 14.4. The number of anilines is 1. The van der Waals surface area contributed by atoms with Crippen LogP contribution in [0.4, 0.5) is 5.69 Å². The first-order valence-corrected chi connectivity index (χ1v) is 8.31. The molecule has 0 spiro atoms. The minimum Gasteiger partial charge on any atom is -0.480 e. The molecule has 1 aliphatic heterocycles. The van der Waals surface area contributed by atoms with E-state index < -0.39 is 23.7 Å². The van der Waals surface area contributed by atoms with Gasteiger partial charge in [0.2, 0.25) is 5.91 Å². The minimum absolute atomic E-state index is 0.214. The molecule has 2 aromatic rings. The van der Waals surface area contributed by atoms with Crippen LogP contribution in [0.15, 0.2) is 39.5 Å². The molecule has 0 atom stereocenters. The van der Waals surface area contributed by atoms with Crippen molar-refractivity contribution in [3.05, 3.63) is 34.9 Å². The van der Waals surface area contributed by atoms with Gasteiger partial charge in [-0.1, -0.05) is 0 Å². The third kappa shape index (κ3) is 4.36. The quantitative estimate of drug-likeness (QED) is 0.688. The molecule has 0 bridgehead atoms. The zero-order chi connectivity index (χ0) is 19.4. The van der Waals surface area contributed by atoms with Gasteiger partial charge in [-0.3, -0.25) is 19.0 Å². The summed E-state index contributed by atoms with van der Waals surface area (Å²) in [5, 5.41) is 19.8. The molecule has 2 N–H and O–H groups in total. The summed E-state index contributed by atoms with van der Waals surface area (Å²) in [6.45, 7) is -0.481. The number of carbonyl (C=O) groups excluding carboxylic acids is 1. The van der Waals surface area contributed by atoms with Gasteiger partial charge < -0.3 is 10.4 Å². The van der Waals surface area contributed by atoms with E-state index in [0.29, 0.717) is 30.5 Å². The Kier molecular flexibility index (Phi) is 4.98. The van der Waals surface area contributed by atoms with E-state index in [1.165, 1.54) is 12.4 Å². The second kappa shape index (κ2) is 7.37. The van der Waals surface area contributed by atoms with Crippen molar-refractivity contribution >= 4 is 28.5 Å². The van der Waals surface area contributed by atoms with Crippen LogP contribution < -0.4 is 10.9 Å². The highest BCUT2D eigenvalue weighted by atomic mass is 16.4. The maximum absolute atomic E-state index is 12.4. The average molecular weight is 367 g/mol. The highest BCUT2D eigenvalue weighted by Gasteiger charge is 2.39. The Labute approximate surface area is 154 Å². The molecule has 1 aliphatic rings. The fourth-order valence-corrected chi connectivity index (χ4v) is 2.70. The first kappa shape index (κ1) is 18.3. The predicted molar refractivity (Wildman–Crippen MR) is 97.2 cm³/mol. The number of benzene rings is 1. The lowest BCUT2D eigenvalue weighted by Crippen LogP contribution is -2.24. The molecule has 0 radical (unpaired) electrons. The number of hydrogen-bond acceptors (Lipinski definition) is 6. The summed E-state index contributed by atoms with van der Waals surface area (Å²) in [6, 6.07) is 4.71. The lowest BCUT2D eigenvalue weighted by molar-refractivity contribution is -0.137. The number of amides is 1. The lowest BCUT2D eigenvalue weighted by atomic mass is 10.0. The van der Waals surface area contributed by atoms with Crippen molar-refractivity contribution in [3.63, 3.8) is 0 Å². The van der Waals surface area contributed by atoms with Crippen LogP contribution in [-0.2, 0) is 16.1 Å². The SMILES string of the molecule is C#CCCC1(CCC(=O)Nc2ccc3ncn(CC(=O)O)c(=O)c3c2)N=N1. The number of aromatic nitrogens is 2. The molecule has 1 amide bonds. The number of rotatable bonds is 8. The van der Waals surface area contributed by atoms with Crippen LogP contribution in [0, 0.1) is 12.3 Å². The molecule has 9 nitrogen and oxygen atoms in total.